The lowest BCUT2D eigenvalue weighted by Crippen LogP contribution is -2.45. The number of hydrogen-bond acceptors (Lipinski definition) is 7. The van der Waals surface area contributed by atoms with Crippen molar-refractivity contribution in [3.63, 3.8) is 0 Å². The number of rotatable bonds is 10. The highest BCUT2D eigenvalue weighted by atomic mass is 35.5. The Morgan fingerprint density at radius 2 is 2.09 bits per heavy atom. The Morgan fingerprint density at radius 1 is 1.29 bits per heavy atom. The highest BCUT2D eigenvalue weighted by Gasteiger charge is 2.41. The van der Waals surface area contributed by atoms with Gasteiger partial charge < -0.3 is 14.7 Å². The fraction of sp³-hybridized carbons (Fsp3) is 0.440. The Morgan fingerprint density at radius 3 is 2.77 bits per heavy atom. The molecular formula is C25H28ClFN4O3S. The summed E-state index contributed by atoms with van der Waals surface area (Å²) < 4.78 is 20.9. The van der Waals surface area contributed by atoms with Crippen molar-refractivity contribution in [2.75, 3.05) is 32.5 Å². The van der Waals surface area contributed by atoms with Crippen molar-refractivity contribution in [1.29, 1.82) is 0 Å². The number of benzene rings is 1. The predicted octanol–water partition coefficient (Wildman–Crippen LogP) is 5.44. The number of carboxylic acid groups (broad SMARTS) is 1. The van der Waals surface area contributed by atoms with Crippen molar-refractivity contribution in [3.8, 4) is 5.75 Å². The number of pyridine rings is 1. The zero-order valence-electron chi connectivity index (χ0n) is 19.5. The molecule has 7 nitrogen and oxygen atoms in total. The van der Waals surface area contributed by atoms with Crippen molar-refractivity contribution in [2.45, 2.75) is 36.9 Å². The number of halogens is 2. The van der Waals surface area contributed by atoms with Crippen LogP contribution in [0.15, 0.2) is 48.0 Å². The lowest BCUT2D eigenvalue weighted by molar-refractivity contribution is -0.153. The van der Waals surface area contributed by atoms with Gasteiger partial charge in [-0.25, -0.2) is 9.37 Å². The second kappa shape index (κ2) is 11.5. The standard InChI is InChI=1S/C25H28ClFN4O3S/c1-34-17-2-3-21-18(14-17)23(19(26)15-30-21)20(27)4-5-25(24(32)33)6-10-31(11-7-25)12-13-35-22-16-28-8-9-29-22/h2-3,8-9,14-16,20H,4-7,10-13H2,1H3,(H,32,33)/t20-/m1/s1. The van der Waals surface area contributed by atoms with E-state index in [9.17, 15) is 9.90 Å². The SMILES string of the molecule is COc1ccc2ncc(Cl)c([C@H](F)CCC3(C(=O)O)CCN(CCSc4cnccn4)CC3)c2c1. The van der Waals surface area contributed by atoms with E-state index in [2.05, 4.69) is 19.9 Å². The van der Waals surface area contributed by atoms with Crippen LogP contribution in [0, 0.1) is 5.41 Å². The Labute approximate surface area is 213 Å². The van der Waals surface area contributed by atoms with Gasteiger partial charge >= 0.3 is 5.97 Å². The monoisotopic (exact) mass is 518 g/mol. The van der Waals surface area contributed by atoms with Crippen LogP contribution in [0.25, 0.3) is 10.9 Å². The van der Waals surface area contributed by atoms with Crippen LogP contribution < -0.4 is 4.74 Å². The van der Waals surface area contributed by atoms with E-state index in [1.165, 1.54) is 6.20 Å². The van der Waals surface area contributed by atoms with Crippen molar-refractivity contribution in [3.05, 3.63) is 53.6 Å². The van der Waals surface area contributed by atoms with Crippen molar-refractivity contribution < 1.29 is 19.0 Å². The van der Waals surface area contributed by atoms with Gasteiger partial charge in [-0.3, -0.25) is 14.8 Å². The number of aliphatic carboxylic acids is 1. The summed E-state index contributed by atoms with van der Waals surface area (Å²) in [7, 11) is 1.54. The summed E-state index contributed by atoms with van der Waals surface area (Å²) in [5.41, 5.74) is 0.0225. The molecule has 1 aromatic carbocycles. The van der Waals surface area contributed by atoms with E-state index in [0.717, 1.165) is 17.3 Å². The summed E-state index contributed by atoms with van der Waals surface area (Å²) in [6, 6.07) is 5.25. The molecule has 1 fully saturated rings. The average Bonchev–Trinajstić information content (AvgIpc) is 2.88. The number of thioether (sulfide) groups is 1. The van der Waals surface area contributed by atoms with Gasteiger partial charge in [0, 0.05) is 41.8 Å². The van der Waals surface area contributed by atoms with E-state index in [1.54, 1.807) is 55.7 Å². The number of hydrogen-bond donors (Lipinski definition) is 1. The topological polar surface area (TPSA) is 88.4 Å². The zero-order chi connectivity index (χ0) is 24.8. The Kier molecular flexibility index (Phi) is 8.41. The average molecular weight is 519 g/mol. The number of piperidine rings is 1. The van der Waals surface area contributed by atoms with Crippen LogP contribution in [0.2, 0.25) is 5.02 Å². The van der Waals surface area contributed by atoms with Gasteiger partial charge in [-0.2, -0.15) is 0 Å². The van der Waals surface area contributed by atoms with Crippen molar-refractivity contribution >= 4 is 40.2 Å². The Balaban J connectivity index is 1.38. The van der Waals surface area contributed by atoms with Crippen LogP contribution in [-0.2, 0) is 4.79 Å². The van der Waals surface area contributed by atoms with Gasteiger partial charge in [-0.05, 0) is 57.0 Å². The summed E-state index contributed by atoms with van der Waals surface area (Å²) in [4.78, 5) is 27.1. The molecule has 35 heavy (non-hydrogen) atoms. The maximum Gasteiger partial charge on any atom is 0.309 e. The molecule has 0 bridgehead atoms. The first-order chi connectivity index (χ1) is 16.9. The minimum atomic E-state index is -1.40. The number of ether oxygens (including phenoxy) is 1. The first-order valence-electron chi connectivity index (χ1n) is 11.5. The van der Waals surface area contributed by atoms with Crippen LogP contribution in [0.4, 0.5) is 4.39 Å². The molecule has 10 heteroatoms. The second-order valence-corrected chi connectivity index (χ2v) is 10.3. The molecule has 3 heterocycles. The third-order valence-electron chi connectivity index (χ3n) is 6.72. The quantitative estimate of drug-likeness (QED) is 0.355. The molecule has 0 saturated carbocycles. The fourth-order valence-electron chi connectivity index (χ4n) is 4.58. The summed E-state index contributed by atoms with van der Waals surface area (Å²) in [5, 5.41) is 11.8. The molecule has 0 unspecified atom stereocenters. The maximum atomic E-state index is 15.6. The number of methoxy groups -OCH3 is 1. The lowest BCUT2D eigenvalue weighted by atomic mass is 9.74. The van der Waals surface area contributed by atoms with E-state index in [4.69, 9.17) is 16.3 Å². The molecule has 1 aliphatic heterocycles. The van der Waals surface area contributed by atoms with Gasteiger partial charge in [-0.15, -0.1) is 11.8 Å². The zero-order valence-corrected chi connectivity index (χ0v) is 21.1. The number of fused-ring (bicyclic) bond motifs is 1. The number of alkyl halides is 1. The third-order valence-corrected chi connectivity index (χ3v) is 7.92. The molecule has 0 aliphatic carbocycles. The maximum absolute atomic E-state index is 15.6. The number of carbonyl (C=O) groups is 1. The van der Waals surface area contributed by atoms with E-state index >= 15 is 4.39 Å². The molecule has 1 atom stereocenters. The second-order valence-electron chi connectivity index (χ2n) is 8.73. The molecule has 2 aromatic heterocycles. The first kappa shape index (κ1) is 25.6. The van der Waals surface area contributed by atoms with E-state index < -0.39 is 17.6 Å². The molecule has 0 radical (unpaired) electrons. The highest BCUT2D eigenvalue weighted by Crippen LogP contribution is 2.42. The Bertz CT molecular complexity index is 1160. The largest absolute Gasteiger partial charge is 0.497 e. The number of carboxylic acids is 1. The van der Waals surface area contributed by atoms with Crippen LogP contribution >= 0.6 is 23.4 Å². The summed E-state index contributed by atoms with van der Waals surface area (Å²) >= 11 is 7.98. The number of aromatic nitrogens is 3. The summed E-state index contributed by atoms with van der Waals surface area (Å²) in [5.74, 6) is 0.579. The van der Waals surface area contributed by atoms with Crippen LogP contribution in [0.3, 0.4) is 0 Å². The van der Waals surface area contributed by atoms with E-state index in [1.807, 2.05) is 0 Å². The van der Waals surface area contributed by atoms with Gasteiger partial charge in [0.1, 0.15) is 16.9 Å². The number of nitrogens with zero attached hydrogens (tertiary/aromatic N) is 4. The van der Waals surface area contributed by atoms with Gasteiger partial charge in [0.2, 0.25) is 0 Å². The number of likely N-dealkylation sites (tertiary alicyclic amines) is 1. The molecule has 1 N–H and O–H groups in total. The van der Waals surface area contributed by atoms with E-state index in [-0.39, 0.29) is 17.9 Å². The molecule has 4 rings (SSSR count). The molecule has 0 amide bonds. The summed E-state index contributed by atoms with van der Waals surface area (Å²) in [6.07, 6.45) is 6.39. The highest BCUT2D eigenvalue weighted by molar-refractivity contribution is 7.99. The molecule has 1 saturated heterocycles. The molecule has 1 aliphatic rings. The summed E-state index contributed by atoms with van der Waals surface area (Å²) in [6.45, 7) is 2.17. The molecular weight excluding hydrogens is 491 g/mol. The Hall–Kier alpha value is -2.49. The van der Waals surface area contributed by atoms with E-state index in [0.29, 0.717) is 48.1 Å². The fourth-order valence-corrected chi connectivity index (χ4v) is 5.67. The van der Waals surface area contributed by atoms with Gasteiger partial charge in [0.25, 0.3) is 0 Å². The third kappa shape index (κ3) is 6.02. The van der Waals surface area contributed by atoms with Crippen molar-refractivity contribution in [1.82, 2.24) is 19.9 Å². The van der Waals surface area contributed by atoms with Gasteiger partial charge in [-0.1, -0.05) is 11.6 Å². The molecule has 186 valence electrons. The normalized spacial score (nSPS) is 16.8. The smallest absolute Gasteiger partial charge is 0.309 e. The minimum Gasteiger partial charge on any atom is -0.497 e. The van der Waals surface area contributed by atoms with Crippen LogP contribution in [0.1, 0.15) is 37.4 Å². The minimum absolute atomic E-state index is 0.0743. The molecule has 3 aromatic rings. The first-order valence-corrected chi connectivity index (χ1v) is 12.9. The van der Waals surface area contributed by atoms with Crippen LogP contribution in [0.5, 0.6) is 5.75 Å². The van der Waals surface area contributed by atoms with Gasteiger partial charge in [0.05, 0.1) is 29.3 Å². The van der Waals surface area contributed by atoms with Crippen molar-refractivity contribution in [2.24, 2.45) is 5.41 Å². The van der Waals surface area contributed by atoms with Crippen LogP contribution in [-0.4, -0.2) is 63.4 Å². The predicted molar refractivity (Wildman–Crippen MR) is 135 cm³/mol. The molecule has 0 spiro atoms. The lowest BCUT2D eigenvalue weighted by Gasteiger charge is -2.39. The van der Waals surface area contributed by atoms with Gasteiger partial charge in [0.15, 0.2) is 0 Å².